The Kier molecular flexibility index (Phi) is 5.75. The average molecular weight is 456 g/mol. The summed E-state index contributed by atoms with van der Waals surface area (Å²) in [7, 11) is 0. The van der Waals surface area contributed by atoms with Crippen molar-refractivity contribution in [1.82, 2.24) is 30.2 Å². The van der Waals surface area contributed by atoms with Crippen molar-refractivity contribution in [3.05, 3.63) is 75.7 Å². The number of unbranched alkanes of at least 4 members (excludes halogenated alkanes) is 1. The van der Waals surface area contributed by atoms with Crippen molar-refractivity contribution in [3.8, 4) is 22.5 Å². The first kappa shape index (κ1) is 21.7. The van der Waals surface area contributed by atoms with E-state index in [1.165, 1.54) is 0 Å². The van der Waals surface area contributed by atoms with Gasteiger partial charge in [-0.3, -0.25) is 14.9 Å². The molecule has 34 heavy (non-hydrogen) atoms. The summed E-state index contributed by atoms with van der Waals surface area (Å²) in [5.41, 5.74) is 5.17. The number of carbonyl (C=O) groups is 1. The van der Waals surface area contributed by atoms with Gasteiger partial charge in [0.25, 0.3) is 5.56 Å². The molecule has 4 aromatic rings. The predicted octanol–water partition coefficient (Wildman–Crippen LogP) is 3.54. The van der Waals surface area contributed by atoms with Crippen LogP contribution in [0.4, 0.5) is 5.95 Å². The van der Waals surface area contributed by atoms with E-state index in [9.17, 15) is 9.59 Å². The Bertz CT molecular complexity index is 1390. The highest BCUT2D eigenvalue weighted by Crippen LogP contribution is 2.31. The summed E-state index contributed by atoms with van der Waals surface area (Å²) in [5.74, 6) is 0.756. The van der Waals surface area contributed by atoms with Crippen LogP contribution in [0.25, 0.3) is 22.5 Å². The van der Waals surface area contributed by atoms with E-state index < -0.39 is 0 Å². The number of hydrogen-bond acceptors (Lipinski definition) is 6. The summed E-state index contributed by atoms with van der Waals surface area (Å²) in [4.78, 5) is 29.4. The van der Waals surface area contributed by atoms with Crippen molar-refractivity contribution in [2.24, 2.45) is 0 Å². The Morgan fingerprint density at radius 1 is 1.03 bits per heavy atom. The van der Waals surface area contributed by atoms with Crippen LogP contribution in [0.1, 0.15) is 49.6 Å². The van der Waals surface area contributed by atoms with Gasteiger partial charge in [-0.2, -0.15) is 10.2 Å². The molecule has 1 atom stereocenters. The number of benzene rings is 2. The van der Waals surface area contributed by atoms with Crippen LogP contribution in [0, 0.1) is 0 Å². The molecule has 0 aliphatic carbocycles. The number of nitrogens with zero attached hydrogens (tertiary/aromatic N) is 5. The van der Waals surface area contributed by atoms with E-state index in [1.54, 1.807) is 0 Å². The van der Waals surface area contributed by atoms with Crippen molar-refractivity contribution in [2.75, 3.05) is 5.32 Å². The highest BCUT2D eigenvalue weighted by Gasteiger charge is 2.31. The number of nitrogens with one attached hydrogen (secondary N) is 2. The summed E-state index contributed by atoms with van der Waals surface area (Å²) in [6, 6.07) is 15.6. The van der Waals surface area contributed by atoms with Crippen LogP contribution in [0.3, 0.4) is 0 Å². The van der Waals surface area contributed by atoms with Gasteiger partial charge in [0.15, 0.2) is 0 Å². The molecule has 9 nitrogen and oxygen atoms in total. The highest BCUT2D eigenvalue weighted by atomic mass is 16.2. The predicted molar refractivity (Wildman–Crippen MR) is 128 cm³/mol. The molecule has 0 fully saturated rings. The fourth-order valence-corrected chi connectivity index (χ4v) is 4.46. The lowest BCUT2D eigenvalue weighted by molar-refractivity contribution is -0.117. The van der Waals surface area contributed by atoms with E-state index >= 15 is 0 Å². The van der Waals surface area contributed by atoms with Crippen LogP contribution < -0.4 is 10.9 Å². The molecule has 1 aliphatic rings. The minimum absolute atomic E-state index is 0.133. The minimum Gasteiger partial charge on any atom is -0.303 e. The van der Waals surface area contributed by atoms with Gasteiger partial charge in [0.1, 0.15) is 6.04 Å². The Morgan fingerprint density at radius 3 is 2.50 bits per heavy atom. The second kappa shape index (κ2) is 9.01. The van der Waals surface area contributed by atoms with Crippen molar-refractivity contribution >= 4 is 11.9 Å². The fraction of sp³-hybridized carbons (Fsp3) is 0.280. The molecule has 0 radical (unpaired) electrons. The number of rotatable bonds is 7. The first-order valence-corrected chi connectivity index (χ1v) is 11.4. The molecular weight excluding hydrogens is 430 g/mol. The van der Waals surface area contributed by atoms with Gasteiger partial charge >= 0.3 is 0 Å². The number of carbonyl (C=O) groups excluding carboxylic acids is 1. The highest BCUT2D eigenvalue weighted by molar-refractivity contribution is 5.95. The maximum absolute atomic E-state index is 12.9. The second-order valence-electron chi connectivity index (χ2n) is 8.46. The van der Waals surface area contributed by atoms with Crippen LogP contribution >= 0.6 is 0 Å². The van der Waals surface area contributed by atoms with Crippen molar-refractivity contribution in [2.45, 2.75) is 45.6 Å². The molecule has 0 bridgehead atoms. The smallest absolute Gasteiger partial charge is 0.278 e. The summed E-state index contributed by atoms with van der Waals surface area (Å²) in [6.07, 6.45) is 3.11. The van der Waals surface area contributed by atoms with Crippen molar-refractivity contribution in [3.63, 3.8) is 0 Å². The molecule has 0 saturated heterocycles. The molecule has 0 saturated carbocycles. The van der Waals surface area contributed by atoms with Crippen LogP contribution in [-0.4, -0.2) is 36.1 Å². The van der Waals surface area contributed by atoms with E-state index in [0.29, 0.717) is 23.8 Å². The molecule has 5 rings (SSSR count). The third-order valence-electron chi connectivity index (χ3n) is 6.26. The average Bonchev–Trinajstić information content (AvgIpc) is 3.48. The molecule has 2 aromatic heterocycles. The second-order valence-corrected chi connectivity index (χ2v) is 8.46. The molecule has 3 heterocycles. The summed E-state index contributed by atoms with van der Waals surface area (Å²) in [6.45, 7) is 3.95. The van der Waals surface area contributed by atoms with E-state index in [-0.39, 0.29) is 17.5 Å². The van der Waals surface area contributed by atoms with Gasteiger partial charge in [-0.25, -0.2) is 0 Å². The number of aromatic nitrogens is 6. The zero-order chi connectivity index (χ0) is 23.7. The van der Waals surface area contributed by atoms with E-state index in [0.717, 1.165) is 47.2 Å². The Hall–Kier alpha value is -4.14. The number of anilines is 1. The lowest BCUT2D eigenvalue weighted by Gasteiger charge is -2.17. The number of H-pyrrole nitrogens is 1. The normalized spacial score (nSPS) is 14.8. The molecule has 1 aliphatic heterocycles. The van der Waals surface area contributed by atoms with Gasteiger partial charge in [-0.05, 0) is 41.7 Å². The van der Waals surface area contributed by atoms with E-state index in [4.69, 9.17) is 0 Å². The summed E-state index contributed by atoms with van der Waals surface area (Å²) >= 11 is 0. The molecule has 172 valence electrons. The van der Waals surface area contributed by atoms with Gasteiger partial charge in [0.2, 0.25) is 17.7 Å². The first-order valence-electron chi connectivity index (χ1n) is 11.4. The van der Waals surface area contributed by atoms with Crippen molar-refractivity contribution < 1.29 is 4.79 Å². The zero-order valence-electron chi connectivity index (χ0n) is 19.1. The molecule has 1 amide bonds. The Morgan fingerprint density at radius 2 is 1.79 bits per heavy atom. The first-order chi connectivity index (χ1) is 16.6. The molecule has 0 spiro atoms. The van der Waals surface area contributed by atoms with Gasteiger partial charge in [0.05, 0.1) is 0 Å². The largest absolute Gasteiger partial charge is 0.303 e. The monoisotopic (exact) mass is 455 g/mol. The van der Waals surface area contributed by atoms with E-state index in [1.807, 2.05) is 60.0 Å². The van der Waals surface area contributed by atoms with Crippen LogP contribution in [-0.2, 0) is 17.6 Å². The van der Waals surface area contributed by atoms with Gasteiger partial charge in [0, 0.05) is 23.2 Å². The third-order valence-corrected chi connectivity index (χ3v) is 6.26. The minimum atomic E-state index is -0.377. The standard InChI is InChI=1S/C25H25N7O2/c1-3-4-9-21-20(24(34)27-25-26-23(33)15(2)32(21)25)14-16-10-12-17(13-11-16)18-7-5-6-8-19(18)22-28-30-31-29-22/h5-8,10-13,15H,3-4,9,14H2,1-2H3,(H,26,27,33,34)(H,28,29,30,31). The quantitative estimate of drug-likeness (QED) is 0.440. The molecule has 1 unspecified atom stereocenters. The van der Waals surface area contributed by atoms with Crippen molar-refractivity contribution in [1.29, 1.82) is 0 Å². The SMILES string of the molecule is CCCCc1c(Cc2ccc(-c3ccccc3-c3nn[nH]n3)cc2)c(=O)nc2n1C(C)C(=O)N2. The summed E-state index contributed by atoms with van der Waals surface area (Å²) in [5, 5.41) is 17.1. The maximum Gasteiger partial charge on any atom is 0.278 e. The molecule has 9 heteroatoms. The van der Waals surface area contributed by atoms with Gasteiger partial charge in [-0.15, -0.1) is 10.2 Å². The molecular formula is C25H25N7O2. The van der Waals surface area contributed by atoms with Crippen LogP contribution in [0.2, 0.25) is 0 Å². The van der Waals surface area contributed by atoms with Gasteiger partial charge in [-0.1, -0.05) is 61.9 Å². The molecule has 2 aromatic carbocycles. The fourth-order valence-electron chi connectivity index (χ4n) is 4.46. The lowest BCUT2D eigenvalue weighted by atomic mass is 9.96. The summed E-state index contributed by atoms with van der Waals surface area (Å²) < 4.78 is 1.89. The number of amides is 1. The number of hydrogen-bond donors (Lipinski definition) is 2. The van der Waals surface area contributed by atoms with E-state index in [2.05, 4.69) is 37.8 Å². The molecule has 2 N–H and O–H groups in total. The maximum atomic E-state index is 12.9. The van der Waals surface area contributed by atoms with Gasteiger partial charge < -0.3 is 4.57 Å². The van der Waals surface area contributed by atoms with Crippen LogP contribution in [0.5, 0.6) is 0 Å². The zero-order valence-corrected chi connectivity index (χ0v) is 19.1. The number of aromatic amines is 1. The van der Waals surface area contributed by atoms with Crippen LogP contribution in [0.15, 0.2) is 53.3 Å². The lowest BCUT2D eigenvalue weighted by Crippen LogP contribution is -2.23. The Balaban J connectivity index is 1.49. The Labute approximate surface area is 196 Å². The third kappa shape index (κ3) is 3.89. The number of tetrazole rings is 1. The topological polar surface area (TPSA) is 118 Å². The number of fused-ring (bicyclic) bond motifs is 1.